The van der Waals surface area contributed by atoms with Crippen LogP contribution < -0.4 is 0 Å². The zero-order valence-electron chi connectivity index (χ0n) is 7.83. The fourth-order valence-electron chi connectivity index (χ4n) is 0.806. The Morgan fingerprint density at radius 1 is 1.09 bits per heavy atom. The van der Waals surface area contributed by atoms with Crippen LogP contribution in [0.25, 0.3) is 0 Å². The molecule has 11 heavy (non-hydrogen) atoms. The molecule has 0 fully saturated rings. The van der Waals surface area contributed by atoms with E-state index in [1.165, 1.54) is 0 Å². The van der Waals surface area contributed by atoms with Crippen LogP contribution in [-0.2, 0) is 0 Å². The Morgan fingerprint density at radius 3 is 2.18 bits per heavy atom. The highest BCUT2D eigenvalue weighted by Gasteiger charge is 2.06. The second-order valence-electron chi connectivity index (χ2n) is 3.04. The lowest BCUT2D eigenvalue weighted by Crippen LogP contribution is -2.00. The summed E-state index contributed by atoms with van der Waals surface area (Å²) >= 11 is 0. The third-order valence-corrected chi connectivity index (χ3v) is 1.34. The maximum atomic E-state index is 4.00. The Labute approximate surface area is 69.5 Å². The molecular formula is C10H17N. The van der Waals surface area contributed by atoms with Crippen molar-refractivity contribution in [3.05, 3.63) is 24.4 Å². The van der Waals surface area contributed by atoms with Crippen LogP contribution in [-0.4, -0.2) is 6.21 Å². The smallest absolute Gasteiger partial charge is 0.0232 e. The van der Waals surface area contributed by atoms with Gasteiger partial charge < -0.3 is 0 Å². The highest BCUT2D eigenvalue weighted by Crippen LogP contribution is 2.18. The summed E-state index contributed by atoms with van der Waals surface area (Å²) in [7, 11) is 0. The number of hydrogen-bond donors (Lipinski definition) is 0. The number of allylic oxidation sites excluding steroid dienone is 3. The van der Waals surface area contributed by atoms with Gasteiger partial charge in [0.15, 0.2) is 0 Å². The number of hydrogen-bond acceptors (Lipinski definition) is 1. The lowest BCUT2D eigenvalue weighted by Gasteiger charge is -2.12. The first-order chi connectivity index (χ1) is 5.12. The highest BCUT2D eigenvalue weighted by molar-refractivity contribution is 5.54. The Kier molecular flexibility index (Phi) is 4.51. The van der Waals surface area contributed by atoms with Crippen molar-refractivity contribution in [3.8, 4) is 0 Å². The molecule has 0 N–H and O–H groups in total. The molecule has 62 valence electrons. The predicted molar refractivity (Wildman–Crippen MR) is 51.9 cm³/mol. The van der Waals surface area contributed by atoms with E-state index in [2.05, 4.69) is 37.1 Å². The van der Waals surface area contributed by atoms with Crippen LogP contribution in [0.3, 0.4) is 0 Å². The monoisotopic (exact) mass is 151 g/mol. The van der Waals surface area contributed by atoms with Crippen molar-refractivity contribution in [2.75, 3.05) is 0 Å². The van der Waals surface area contributed by atoms with Gasteiger partial charge in [0.25, 0.3) is 0 Å². The van der Waals surface area contributed by atoms with Crippen molar-refractivity contribution in [3.63, 3.8) is 0 Å². The molecule has 0 heterocycles. The standard InChI is InChI=1S/C10H17N/c1-5-7-10(3,4)8-9-11-6-2/h5-9H,1-4H3/b7-5-,9-8-,11-6?. The molecule has 1 nitrogen and oxygen atoms in total. The summed E-state index contributed by atoms with van der Waals surface area (Å²) in [6, 6.07) is 0. The third kappa shape index (κ3) is 5.59. The first kappa shape index (κ1) is 10.2. The summed E-state index contributed by atoms with van der Waals surface area (Å²) in [6.45, 7) is 8.23. The molecule has 0 aromatic rings. The molecule has 0 saturated heterocycles. The molecule has 0 rings (SSSR count). The molecule has 0 bridgehead atoms. The third-order valence-electron chi connectivity index (χ3n) is 1.34. The molecule has 0 aliphatic carbocycles. The molecule has 0 radical (unpaired) electrons. The maximum absolute atomic E-state index is 4.00. The normalized spacial score (nSPS) is 14.2. The Bertz CT molecular complexity index is 173. The molecule has 0 aliphatic heterocycles. The van der Waals surface area contributed by atoms with Crippen LogP contribution in [0.4, 0.5) is 0 Å². The van der Waals surface area contributed by atoms with E-state index in [0.29, 0.717) is 0 Å². The van der Waals surface area contributed by atoms with E-state index < -0.39 is 0 Å². The molecule has 0 amide bonds. The van der Waals surface area contributed by atoms with E-state index in [1.807, 2.05) is 20.0 Å². The van der Waals surface area contributed by atoms with Gasteiger partial charge in [0.1, 0.15) is 0 Å². The molecule has 0 aliphatic rings. The van der Waals surface area contributed by atoms with Gasteiger partial charge >= 0.3 is 0 Å². The molecule has 0 aromatic carbocycles. The number of rotatable bonds is 3. The van der Waals surface area contributed by atoms with Crippen LogP contribution in [0, 0.1) is 5.41 Å². The average molecular weight is 151 g/mol. The second kappa shape index (κ2) is 4.89. The fraction of sp³-hybridized carbons (Fsp3) is 0.500. The van der Waals surface area contributed by atoms with Crippen LogP contribution >= 0.6 is 0 Å². The highest BCUT2D eigenvalue weighted by atomic mass is 14.6. The molecule has 1 heteroatoms. The molecule has 0 unspecified atom stereocenters. The SMILES string of the molecule is CC=N/C=C\C(C)(C)/C=C\C. The molecule has 0 aromatic heterocycles. The van der Waals surface area contributed by atoms with Gasteiger partial charge in [-0.05, 0) is 13.8 Å². The van der Waals surface area contributed by atoms with Gasteiger partial charge in [0.2, 0.25) is 0 Å². The van der Waals surface area contributed by atoms with Crippen molar-refractivity contribution < 1.29 is 0 Å². The average Bonchev–Trinajstić information content (AvgIpc) is 1.87. The van der Waals surface area contributed by atoms with Gasteiger partial charge in [0, 0.05) is 17.8 Å². The van der Waals surface area contributed by atoms with Crippen molar-refractivity contribution in [1.82, 2.24) is 0 Å². The zero-order valence-corrected chi connectivity index (χ0v) is 7.83. The summed E-state index contributed by atoms with van der Waals surface area (Å²) in [4.78, 5) is 4.00. The maximum Gasteiger partial charge on any atom is 0.0232 e. The molecule has 0 saturated carbocycles. The largest absolute Gasteiger partial charge is 0.270 e. The summed E-state index contributed by atoms with van der Waals surface area (Å²) < 4.78 is 0. The van der Waals surface area contributed by atoms with Crippen LogP contribution in [0.2, 0.25) is 0 Å². The van der Waals surface area contributed by atoms with E-state index in [-0.39, 0.29) is 5.41 Å². The first-order valence-corrected chi connectivity index (χ1v) is 3.92. The zero-order chi connectivity index (χ0) is 8.74. The van der Waals surface area contributed by atoms with Crippen molar-refractivity contribution in [1.29, 1.82) is 0 Å². The summed E-state index contributed by atoms with van der Waals surface area (Å²) in [5.74, 6) is 0. The van der Waals surface area contributed by atoms with E-state index >= 15 is 0 Å². The van der Waals surface area contributed by atoms with E-state index in [0.717, 1.165) is 0 Å². The number of aliphatic imine (C=N–C) groups is 1. The van der Waals surface area contributed by atoms with Gasteiger partial charge in [-0.3, -0.25) is 4.99 Å². The van der Waals surface area contributed by atoms with E-state index in [9.17, 15) is 0 Å². The molecule has 0 spiro atoms. The van der Waals surface area contributed by atoms with E-state index in [1.54, 1.807) is 6.21 Å². The van der Waals surface area contributed by atoms with Gasteiger partial charge in [-0.15, -0.1) is 0 Å². The fourth-order valence-corrected chi connectivity index (χ4v) is 0.806. The second-order valence-corrected chi connectivity index (χ2v) is 3.04. The Morgan fingerprint density at radius 2 is 1.73 bits per heavy atom. The Balaban J connectivity index is 4.10. The van der Waals surface area contributed by atoms with Gasteiger partial charge in [-0.2, -0.15) is 0 Å². The minimum Gasteiger partial charge on any atom is -0.270 e. The lowest BCUT2D eigenvalue weighted by atomic mass is 9.93. The van der Waals surface area contributed by atoms with Crippen LogP contribution in [0.5, 0.6) is 0 Å². The Hall–Kier alpha value is -0.850. The quantitative estimate of drug-likeness (QED) is 0.434. The minimum absolute atomic E-state index is 0.126. The first-order valence-electron chi connectivity index (χ1n) is 3.92. The van der Waals surface area contributed by atoms with Crippen LogP contribution in [0.15, 0.2) is 29.4 Å². The van der Waals surface area contributed by atoms with Gasteiger partial charge in [-0.25, -0.2) is 0 Å². The van der Waals surface area contributed by atoms with Crippen molar-refractivity contribution in [2.24, 2.45) is 10.4 Å². The topological polar surface area (TPSA) is 12.4 Å². The van der Waals surface area contributed by atoms with Gasteiger partial charge in [-0.1, -0.05) is 32.1 Å². The van der Waals surface area contributed by atoms with Crippen molar-refractivity contribution >= 4 is 6.21 Å². The summed E-state index contributed by atoms with van der Waals surface area (Å²) in [5, 5.41) is 0. The summed E-state index contributed by atoms with van der Waals surface area (Å²) in [5.41, 5.74) is 0.126. The van der Waals surface area contributed by atoms with Crippen molar-refractivity contribution in [2.45, 2.75) is 27.7 Å². The predicted octanol–water partition coefficient (Wildman–Crippen LogP) is 3.19. The van der Waals surface area contributed by atoms with Gasteiger partial charge in [0.05, 0.1) is 0 Å². The number of nitrogens with zero attached hydrogens (tertiary/aromatic N) is 1. The van der Waals surface area contributed by atoms with E-state index in [4.69, 9.17) is 0 Å². The lowest BCUT2D eigenvalue weighted by molar-refractivity contribution is 0.623. The molecular weight excluding hydrogens is 134 g/mol. The molecule has 0 atom stereocenters. The van der Waals surface area contributed by atoms with Crippen LogP contribution in [0.1, 0.15) is 27.7 Å². The minimum atomic E-state index is 0.126. The summed E-state index contributed by atoms with van der Waals surface area (Å²) in [6.07, 6.45) is 9.89.